The van der Waals surface area contributed by atoms with Gasteiger partial charge in [0, 0.05) is 12.3 Å². The first kappa shape index (κ1) is 18.7. The lowest BCUT2D eigenvalue weighted by Gasteiger charge is -2.27. The number of allylic oxidation sites excluding steroid dienone is 1. The van der Waals surface area contributed by atoms with Crippen LogP contribution in [0.3, 0.4) is 0 Å². The fourth-order valence-electron chi connectivity index (χ4n) is 2.30. The molecule has 122 valence electrons. The highest BCUT2D eigenvalue weighted by Crippen LogP contribution is 2.22. The second kappa shape index (κ2) is 8.96. The van der Waals surface area contributed by atoms with Gasteiger partial charge < -0.3 is 9.16 Å². The molecular weight excluding hydrogens is 288 g/mol. The first-order valence-electron chi connectivity index (χ1n) is 7.97. The molecule has 0 N–H and O–H groups in total. The van der Waals surface area contributed by atoms with E-state index in [4.69, 9.17) is 9.16 Å². The van der Waals surface area contributed by atoms with E-state index in [9.17, 15) is 0 Å². The first-order chi connectivity index (χ1) is 10.3. The van der Waals surface area contributed by atoms with Crippen LogP contribution in [0.5, 0.6) is 0 Å². The number of hydrogen-bond acceptors (Lipinski definition) is 2. The van der Waals surface area contributed by atoms with E-state index in [0.29, 0.717) is 12.5 Å². The topological polar surface area (TPSA) is 18.5 Å². The molecule has 0 aromatic heterocycles. The van der Waals surface area contributed by atoms with Gasteiger partial charge in [0.15, 0.2) is 0 Å². The van der Waals surface area contributed by atoms with Crippen LogP contribution in [0.2, 0.25) is 19.6 Å². The molecule has 0 bridgehead atoms. The van der Waals surface area contributed by atoms with Crippen LogP contribution in [0.25, 0.3) is 0 Å². The summed E-state index contributed by atoms with van der Waals surface area (Å²) in [5, 5.41) is 0. The van der Waals surface area contributed by atoms with E-state index in [1.807, 2.05) is 25.1 Å². The monoisotopic (exact) mass is 318 g/mol. The van der Waals surface area contributed by atoms with Gasteiger partial charge in [0.25, 0.3) is 0 Å². The van der Waals surface area contributed by atoms with Gasteiger partial charge in [-0.2, -0.15) is 0 Å². The molecule has 0 aliphatic rings. The van der Waals surface area contributed by atoms with Crippen molar-refractivity contribution in [3.8, 4) is 0 Å². The summed E-state index contributed by atoms with van der Waals surface area (Å²) in [7, 11) is -1.60. The summed E-state index contributed by atoms with van der Waals surface area (Å²) in [5.41, 5.74) is 1.19. The fraction of sp³-hybridized carbons (Fsp3) is 0.474. The molecule has 22 heavy (non-hydrogen) atoms. The Labute approximate surface area is 137 Å². The Morgan fingerprint density at radius 2 is 1.86 bits per heavy atom. The van der Waals surface area contributed by atoms with Crippen LogP contribution < -0.4 is 0 Å². The molecule has 3 heteroatoms. The summed E-state index contributed by atoms with van der Waals surface area (Å²) >= 11 is 0. The second-order valence-corrected chi connectivity index (χ2v) is 11.1. The van der Waals surface area contributed by atoms with Crippen LogP contribution in [-0.2, 0) is 15.8 Å². The van der Waals surface area contributed by atoms with Crippen LogP contribution in [0.15, 0.2) is 54.8 Å². The van der Waals surface area contributed by atoms with Crippen molar-refractivity contribution in [1.29, 1.82) is 0 Å². The van der Waals surface area contributed by atoms with Gasteiger partial charge >= 0.3 is 0 Å². The van der Waals surface area contributed by atoms with Crippen molar-refractivity contribution in [1.82, 2.24) is 0 Å². The fourth-order valence-corrected chi connectivity index (χ4v) is 3.25. The van der Waals surface area contributed by atoms with Gasteiger partial charge in [-0.25, -0.2) is 0 Å². The molecule has 0 spiro atoms. The Balaban J connectivity index is 2.65. The minimum absolute atomic E-state index is 0.0836. The third-order valence-electron chi connectivity index (χ3n) is 3.27. The van der Waals surface area contributed by atoms with Crippen LogP contribution in [-0.4, -0.2) is 14.4 Å². The van der Waals surface area contributed by atoms with Gasteiger partial charge in [0.1, 0.15) is 0 Å². The van der Waals surface area contributed by atoms with Gasteiger partial charge in [-0.1, -0.05) is 56.0 Å². The Bertz CT molecular complexity index is 474. The molecule has 1 aromatic rings. The highest BCUT2D eigenvalue weighted by Gasteiger charge is 2.22. The summed E-state index contributed by atoms with van der Waals surface area (Å²) in [4.78, 5) is 0. The summed E-state index contributed by atoms with van der Waals surface area (Å²) in [5.74, 6) is 1.17. The zero-order valence-electron chi connectivity index (χ0n) is 14.6. The van der Waals surface area contributed by atoms with E-state index >= 15 is 0 Å². The first-order valence-corrected chi connectivity index (χ1v) is 11.4. The highest BCUT2D eigenvalue weighted by atomic mass is 28.4. The summed E-state index contributed by atoms with van der Waals surface area (Å²) in [6.45, 7) is 15.4. The van der Waals surface area contributed by atoms with E-state index < -0.39 is 8.32 Å². The second-order valence-electron chi connectivity index (χ2n) is 6.68. The molecule has 0 fully saturated rings. The Morgan fingerprint density at radius 1 is 1.23 bits per heavy atom. The Hall–Kier alpha value is -1.32. The quantitative estimate of drug-likeness (QED) is 0.338. The van der Waals surface area contributed by atoms with E-state index in [0.717, 1.165) is 12.2 Å². The zero-order chi connectivity index (χ0) is 16.6. The molecule has 0 radical (unpaired) electrons. The Kier molecular flexibility index (Phi) is 7.63. The van der Waals surface area contributed by atoms with Crippen LogP contribution >= 0.6 is 0 Å². The number of ether oxygens (including phenoxy) is 1. The smallest absolute Gasteiger partial charge is 0.241 e. The third kappa shape index (κ3) is 7.62. The van der Waals surface area contributed by atoms with Crippen molar-refractivity contribution in [2.24, 2.45) is 5.92 Å². The van der Waals surface area contributed by atoms with Crippen molar-refractivity contribution in [3.05, 3.63) is 60.4 Å². The zero-order valence-corrected chi connectivity index (χ0v) is 15.6. The molecule has 2 nitrogen and oxygen atoms in total. The molecule has 0 saturated carbocycles. The van der Waals surface area contributed by atoms with Gasteiger partial charge in [0.05, 0.1) is 18.5 Å². The van der Waals surface area contributed by atoms with E-state index in [-0.39, 0.29) is 6.10 Å². The third-order valence-corrected chi connectivity index (χ3v) is 4.17. The predicted octanol–water partition coefficient (Wildman–Crippen LogP) is 5.54. The van der Waals surface area contributed by atoms with Crippen molar-refractivity contribution < 1.29 is 9.16 Å². The van der Waals surface area contributed by atoms with Crippen LogP contribution in [0.1, 0.15) is 25.8 Å². The molecule has 0 aliphatic carbocycles. The standard InChI is InChI=1S/C19H30O2Si/c1-7-11-16(2)19(14-17(3)21-22(4,5)6)20-15-18-12-9-8-10-13-18/h7-13,16,19H,3,14-15H2,1-2,4-6H3/b11-7+/t16-,19+/m0/s1. The molecule has 2 atom stereocenters. The Morgan fingerprint density at radius 3 is 2.41 bits per heavy atom. The molecular formula is C19H30O2Si. The van der Waals surface area contributed by atoms with Gasteiger partial charge in [-0.3, -0.25) is 0 Å². The largest absolute Gasteiger partial charge is 0.548 e. The molecule has 0 amide bonds. The van der Waals surface area contributed by atoms with Crippen molar-refractivity contribution in [2.45, 2.75) is 52.6 Å². The van der Waals surface area contributed by atoms with Gasteiger partial charge in [-0.15, -0.1) is 0 Å². The maximum Gasteiger partial charge on any atom is 0.241 e. The molecule has 0 saturated heterocycles. The van der Waals surface area contributed by atoms with E-state index in [2.05, 4.69) is 57.4 Å². The molecule has 1 aromatic carbocycles. The van der Waals surface area contributed by atoms with E-state index in [1.165, 1.54) is 5.56 Å². The van der Waals surface area contributed by atoms with Crippen LogP contribution in [0, 0.1) is 5.92 Å². The summed E-state index contributed by atoms with van der Waals surface area (Å²) < 4.78 is 12.1. The van der Waals surface area contributed by atoms with Crippen molar-refractivity contribution in [2.75, 3.05) is 0 Å². The average Bonchev–Trinajstić information content (AvgIpc) is 2.42. The SMILES string of the molecule is C=C(C[C@@H](OCc1ccccc1)[C@@H](C)/C=C/C)O[Si](C)(C)C. The lowest BCUT2D eigenvalue weighted by Crippen LogP contribution is -2.28. The van der Waals surface area contributed by atoms with Crippen LogP contribution in [0.4, 0.5) is 0 Å². The molecule has 0 heterocycles. The van der Waals surface area contributed by atoms with E-state index in [1.54, 1.807) is 0 Å². The number of benzene rings is 1. The highest BCUT2D eigenvalue weighted by molar-refractivity contribution is 6.70. The lowest BCUT2D eigenvalue weighted by molar-refractivity contribution is 0.0131. The molecule has 1 rings (SSSR count). The summed E-state index contributed by atoms with van der Waals surface area (Å²) in [6.07, 6.45) is 5.08. The maximum absolute atomic E-state index is 6.15. The molecule has 0 unspecified atom stereocenters. The number of hydrogen-bond donors (Lipinski definition) is 0. The minimum atomic E-state index is -1.60. The predicted molar refractivity (Wildman–Crippen MR) is 97.2 cm³/mol. The summed E-state index contributed by atoms with van der Waals surface area (Å²) in [6, 6.07) is 10.3. The van der Waals surface area contributed by atoms with Gasteiger partial charge in [-0.05, 0) is 32.1 Å². The minimum Gasteiger partial charge on any atom is -0.548 e. The van der Waals surface area contributed by atoms with Crippen molar-refractivity contribution >= 4 is 8.32 Å². The normalized spacial score (nSPS) is 14.8. The molecule has 0 aliphatic heterocycles. The lowest BCUT2D eigenvalue weighted by atomic mass is 10.0. The number of rotatable bonds is 9. The van der Waals surface area contributed by atoms with Gasteiger partial charge in [0.2, 0.25) is 8.32 Å². The van der Waals surface area contributed by atoms with Crippen molar-refractivity contribution in [3.63, 3.8) is 0 Å². The maximum atomic E-state index is 6.15. The average molecular weight is 319 g/mol.